The van der Waals surface area contributed by atoms with Crippen molar-refractivity contribution in [3.05, 3.63) is 40.3 Å². The summed E-state index contributed by atoms with van der Waals surface area (Å²) in [5, 5.41) is 3.14. The van der Waals surface area contributed by atoms with Gasteiger partial charge in [0.2, 0.25) is 0 Å². The number of alkyl halides is 3. The molecule has 17 heavy (non-hydrogen) atoms. The lowest BCUT2D eigenvalue weighted by molar-refractivity contribution is -0.274. The first kappa shape index (κ1) is 12.7. The topological polar surface area (TPSA) is 58.0 Å². The van der Waals surface area contributed by atoms with Crippen LogP contribution in [-0.2, 0) is 0 Å². The van der Waals surface area contributed by atoms with E-state index in [4.69, 9.17) is 5.53 Å². The standard InChI is InChI=1S/C10H6F3N3O/c11-10(12,13)17-9-6-2-1-4-8(9)5-3-7-15-16-14/h1-2,4,6H,7H2. The van der Waals surface area contributed by atoms with Crippen molar-refractivity contribution in [2.45, 2.75) is 6.36 Å². The molecule has 0 atom stereocenters. The van der Waals surface area contributed by atoms with Gasteiger partial charge in [-0.05, 0) is 17.7 Å². The molecular weight excluding hydrogens is 235 g/mol. The molecule has 1 aromatic rings. The summed E-state index contributed by atoms with van der Waals surface area (Å²) in [6, 6.07) is 5.47. The van der Waals surface area contributed by atoms with E-state index in [-0.39, 0.29) is 17.9 Å². The molecule has 0 aliphatic carbocycles. The highest BCUT2D eigenvalue weighted by Gasteiger charge is 2.31. The quantitative estimate of drug-likeness (QED) is 0.339. The number of ether oxygens (including phenoxy) is 1. The van der Waals surface area contributed by atoms with Crippen molar-refractivity contribution in [3.63, 3.8) is 0 Å². The zero-order chi connectivity index (χ0) is 12.7. The molecule has 0 radical (unpaired) electrons. The predicted octanol–water partition coefficient (Wildman–Crippen LogP) is 3.25. The summed E-state index contributed by atoms with van der Waals surface area (Å²) in [4.78, 5) is 2.46. The predicted molar refractivity (Wildman–Crippen MR) is 54.0 cm³/mol. The van der Waals surface area contributed by atoms with Crippen LogP contribution in [0.3, 0.4) is 0 Å². The number of para-hydroxylation sites is 1. The highest BCUT2D eigenvalue weighted by Crippen LogP contribution is 2.25. The van der Waals surface area contributed by atoms with Crippen molar-refractivity contribution in [2.75, 3.05) is 6.54 Å². The zero-order valence-corrected chi connectivity index (χ0v) is 8.40. The number of nitrogens with zero attached hydrogens (tertiary/aromatic N) is 3. The molecule has 0 heterocycles. The van der Waals surface area contributed by atoms with Crippen LogP contribution in [0.1, 0.15) is 5.56 Å². The maximum absolute atomic E-state index is 12.0. The normalized spacial score (nSPS) is 9.82. The lowest BCUT2D eigenvalue weighted by Gasteiger charge is -2.09. The van der Waals surface area contributed by atoms with Crippen LogP contribution in [0.15, 0.2) is 29.4 Å². The van der Waals surface area contributed by atoms with E-state index in [1.54, 1.807) is 0 Å². The van der Waals surface area contributed by atoms with Gasteiger partial charge in [0.1, 0.15) is 5.75 Å². The van der Waals surface area contributed by atoms with E-state index in [1.165, 1.54) is 18.2 Å². The minimum Gasteiger partial charge on any atom is -0.404 e. The van der Waals surface area contributed by atoms with E-state index in [2.05, 4.69) is 26.6 Å². The average molecular weight is 241 g/mol. The molecule has 0 N–H and O–H groups in total. The van der Waals surface area contributed by atoms with Crippen LogP contribution in [-0.4, -0.2) is 12.9 Å². The van der Waals surface area contributed by atoms with E-state index in [9.17, 15) is 13.2 Å². The van der Waals surface area contributed by atoms with E-state index in [0.717, 1.165) is 6.07 Å². The Morgan fingerprint density at radius 2 is 2.06 bits per heavy atom. The maximum atomic E-state index is 12.0. The van der Waals surface area contributed by atoms with Crippen molar-refractivity contribution in [1.82, 2.24) is 0 Å². The van der Waals surface area contributed by atoms with Crippen molar-refractivity contribution >= 4 is 0 Å². The Bertz CT molecular complexity index is 495. The van der Waals surface area contributed by atoms with Gasteiger partial charge in [0, 0.05) is 4.91 Å². The van der Waals surface area contributed by atoms with Gasteiger partial charge in [0.25, 0.3) is 0 Å². The highest BCUT2D eigenvalue weighted by molar-refractivity contribution is 5.46. The van der Waals surface area contributed by atoms with Gasteiger partial charge < -0.3 is 4.74 Å². The molecule has 7 heteroatoms. The second kappa shape index (κ2) is 5.68. The number of rotatable bonds is 2. The summed E-state index contributed by atoms with van der Waals surface area (Å²) < 4.78 is 39.9. The third-order valence-corrected chi connectivity index (χ3v) is 1.55. The SMILES string of the molecule is [N-]=[N+]=NCC#Cc1ccccc1OC(F)(F)F. The molecule has 0 aliphatic heterocycles. The molecule has 0 fully saturated rings. The number of hydrogen-bond donors (Lipinski definition) is 0. The summed E-state index contributed by atoms with van der Waals surface area (Å²) in [5.41, 5.74) is 8.07. The Labute approximate surface area is 94.6 Å². The van der Waals surface area contributed by atoms with Gasteiger partial charge in [-0.2, -0.15) is 0 Å². The van der Waals surface area contributed by atoms with Gasteiger partial charge in [-0.25, -0.2) is 0 Å². The smallest absolute Gasteiger partial charge is 0.404 e. The van der Waals surface area contributed by atoms with Gasteiger partial charge in [0.05, 0.1) is 12.1 Å². The molecule has 1 rings (SSSR count). The molecule has 0 saturated carbocycles. The minimum atomic E-state index is -4.76. The molecule has 0 aliphatic rings. The summed E-state index contributed by atoms with van der Waals surface area (Å²) in [5.74, 6) is 4.46. The average Bonchev–Trinajstić information content (AvgIpc) is 2.24. The first-order valence-corrected chi connectivity index (χ1v) is 4.37. The molecule has 0 bridgehead atoms. The molecule has 4 nitrogen and oxygen atoms in total. The van der Waals surface area contributed by atoms with Gasteiger partial charge >= 0.3 is 6.36 Å². The second-order valence-electron chi connectivity index (χ2n) is 2.73. The van der Waals surface area contributed by atoms with E-state index >= 15 is 0 Å². The molecule has 0 amide bonds. The number of benzene rings is 1. The molecule has 88 valence electrons. The summed E-state index contributed by atoms with van der Waals surface area (Å²) in [7, 11) is 0. The first-order chi connectivity index (χ1) is 8.03. The Hall–Kier alpha value is -2.32. The van der Waals surface area contributed by atoms with Crippen molar-refractivity contribution < 1.29 is 17.9 Å². The van der Waals surface area contributed by atoms with Gasteiger partial charge in [-0.1, -0.05) is 29.1 Å². The Morgan fingerprint density at radius 1 is 1.35 bits per heavy atom. The van der Waals surface area contributed by atoms with Gasteiger partial charge in [0.15, 0.2) is 0 Å². The minimum absolute atomic E-state index is 0.0814. The highest BCUT2D eigenvalue weighted by atomic mass is 19.4. The van der Waals surface area contributed by atoms with Crippen LogP contribution in [0.4, 0.5) is 13.2 Å². The van der Waals surface area contributed by atoms with Gasteiger partial charge in [-0.15, -0.1) is 13.2 Å². The second-order valence-corrected chi connectivity index (χ2v) is 2.73. The van der Waals surface area contributed by atoms with E-state index in [0.29, 0.717) is 0 Å². The fourth-order valence-corrected chi connectivity index (χ4v) is 0.985. The molecule has 0 spiro atoms. The third-order valence-electron chi connectivity index (χ3n) is 1.55. The lowest BCUT2D eigenvalue weighted by atomic mass is 10.2. The van der Waals surface area contributed by atoms with E-state index in [1.807, 2.05) is 0 Å². The fraction of sp³-hybridized carbons (Fsp3) is 0.200. The van der Waals surface area contributed by atoms with Crippen LogP contribution in [0.2, 0.25) is 0 Å². The Balaban J connectivity index is 2.90. The lowest BCUT2D eigenvalue weighted by Crippen LogP contribution is -2.17. The van der Waals surface area contributed by atoms with Crippen molar-refractivity contribution in [1.29, 1.82) is 0 Å². The monoisotopic (exact) mass is 241 g/mol. The molecule has 1 aromatic carbocycles. The van der Waals surface area contributed by atoms with Crippen LogP contribution in [0.5, 0.6) is 5.75 Å². The summed E-state index contributed by atoms with van der Waals surface area (Å²) in [6.07, 6.45) is -4.76. The molecule has 0 saturated heterocycles. The van der Waals surface area contributed by atoms with Crippen LogP contribution < -0.4 is 4.74 Å². The van der Waals surface area contributed by atoms with Crippen LogP contribution in [0, 0.1) is 11.8 Å². The van der Waals surface area contributed by atoms with E-state index < -0.39 is 6.36 Å². The summed E-state index contributed by atoms with van der Waals surface area (Å²) in [6.45, 7) is -0.114. The van der Waals surface area contributed by atoms with Crippen molar-refractivity contribution in [2.24, 2.45) is 5.11 Å². The maximum Gasteiger partial charge on any atom is 0.573 e. The third kappa shape index (κ3) is 4.82. The summed E-state index contributed by atoms with van der Waals surface area (Å²) >= 11 is 0. The molecule has 0 unspecified atom stereocenters. The fourth-order valence-electron chi connectivity index (χ4n) is 0.985. The first-order valence-electron chi connectivity index (χ1n) is 4.37. The van der Waals surface area contributed by atoms with Gasteiger partial charge in [-0.3, -0.25) is 0 Å². The number of halogens is 3. The van der Waals surface area contributed by atoms with Crippen molar-refractivity contribution in [3.8, 4) is 17.6 Å². The zero-order valence-electron chi connectivity index (χ0n) is 8.40. The Morgan fingerprint density at radius 3 is 2.71 bits per heavy atom. The van der Waals surface area contributed by atoms with Crippen LogP contribution in [0.25, 0.3) is 10.4 Å². The molecule has 0 aromatic heterocycles. The number of azide groups is 1. The Kier molecular flexibility index (Phi) is 4.26. The van der Waals surface area contributed by atoms with Crippen LogP contribution >= 0.6 is 0 Å². The number of hydrogen-bond acceptors (Lipinski definition) is 2. The largest absolute Gasteiger partial charge is 0.573 e. The molecular formula is C10H6F3N3O.